The van der Waals surface area contributed by atoms with Gasteiger partial charge in [0.25, 0.3) is 5.91 Å². The third-order valence-electron chi connectivity index (χ3n) is 5.81. The number of rotatable bonds is 4. The van der Waals surface area contributed by atoms with Crippen LogP contribution in [0.15, 0.2) is 24.5 Å². The standard InChI is InChI=1S/C20H23FN4O2/c1-13-8-22-19(23-9-13)27-12-20-7-3-4-15(20)10-25(11-20)18(26)17-6-5-16(21)14(2)24-17/h5-6,8-9,15H,3-4,7,10-12H2,1-2H3. The van der Waals surface area contributed by atoms with Gasteiger partial charge in [-0.3, -0.25) is 4.79 Å². The molecule has 2 aliphatic rings. The Bertz CT molecular complexity index is 858. The smallest absolute Gasteiger partial charge is 0.316 e. The average Bonchev–Trinajstić information content (AvgIpc) is 3.20. The number of carbonyl (C=O) groups excluding carboxylic acids is 1. The molecule has 1 aliphatic heterocycles. The molecule has 1 saturated carbocycles. The second kappa shape index (κ2) is 6.87. The first kappa shape index (κ1) is 17.8. The van der Waals surface area contributed by atoms with E-state index in [1.54, 1.807) is 19.3 Å². The Kier molecular flexibility index (Phi) is 4.53. The summed E-state index contributed by atoms with van der Waals surface area (Å²) in [6, 6.07) is 3.14. The lowest BCUT2D eigenvalue weighted by Gasteiger charge is -2.28. The van der Waals surface area contributed by atoms with E-state index in [1.807, 2.05) is 11.8 Å². The molecule has 2 aromatic heterocycles. The van der Waals surface area contributed by atoms with Crippen molar-refractivity contribution in [3.05, 3.63) is 47.3 Å². The number of likely N-dealkylation sites (tertiary alicyclic amines) is 1. The van der Waals surface area contributed by atoms with E-state index in [9.17, 15) is 9.18 Å². The van der Waals surface area contributed by atoms with Crippen LogP contribution in [0.4, 0.5) is 4.39 Å². The zero-order valence-electron chi connectivity index (χ0n) is 15.6. The second-order valence-corrected chi connectivity index (χ2v) is 7.73. The molecule has 2 aromatic rings. The lowest BCUT2D eigenvalue weighted by atomic mass is 9.82. The molecule has 7 heteroatoms. The van der Waals surface area contributed by atoms with Gasteiger partial charge in [0.05, 0.1) is 12.3 Å². The third kappa shape index (κ3) is 3.38. The highest BCUT2D eigenvalue weighted by atomic mass is 19.1. The summed E-state index contributed by atoms with van der Waals surface area (Å²) in [4.78, 5) is 27.2. The maximum Gasteiger partial charge on any atom is 0.316 e. The Morgan fingerprint density at radius 1 is 1.33 bits per heavy atom. The van der Waals surface area contributed by atoms with Crippen molar-refractivity contribution in [2.75, 3.05) is 19.7 Å². The number of fused-ring (bicyclic) bond motifs is 1. The number of aromatic nitrogens is 3. The fraction of sp³-hybridized carbons (Fsp3) is 0.500. The lowest BCUT2D eigenvalue weighted by Crippen LogP contribution is -2.36. The summed E-state index contributed by atoms with van der Waals surface area (Å²) in [6.07, 6.45) is 6.71. The lowest BCUT2D eigenvalue weighted by molar-refractivity contribution is 0.0736. The van der Waals surface area contributed by atoms with Crippen LogP contribution in [0.1, 0.15) is 41.0 Å². The number of nitrogens with zero attached hydrogens (tertiary/aromatic N) is 4. The highest BCUT2D eigenvalue weighted by Gasteiger charge is 2.51. The van der Waals surface area contributed by atoms with Crippen LogP contribution in [0.3, 0.4) is 0 Å². The normalized spacial score (nSPS) is 24.1. The fourth-order valence-electron chi connectivity index (χ4n) is 4.29. The number of amides is 1. The molecule has 0 radical (unpaired) electrons. The number of hydrogen-bond acceptors (Lipinski definition) is 5. The Morgan fingerprint density at radius 2 is 2.11 bits per heavy atom. The summed E-state index contributed by atoms with van der Waals surface area (Å²) in [5.41, 5.74) is 1.46. The van der Waals surface area contributed by atoms with Crippen molar-refractivity contribution in [1.29, 1.82) is 0 Å². The molecule has 3 heterocycles. The number of carbonyl (C=O) groups is 1. The van der Waals surface area contributed by atoms with E-state index >= 15 is 0 Å². The molecule has 0 spiro atoms. The van der Waals surface area contributed by atoms with E-state index in [-0.39, 0.29) is 17.0 Å². The zero-order valence-corrected chi connectivity index (χ0v) is 15.6. The molecule has 2 fully saturated rings. The van der Waals surface area contributed by atoms with Gasteiger partial charge in [0.1, 0.15) is 11.5 Å². The van der Waals surface area contributed by atoms with E-state index in [1.165, 1.54) is 12.1 Å². The Balaban J connectivity index is 1.48. The monoisotopic (exact) mass is 370 g/mol. The second-order valence-electron chi connectivity index (χ2n) is 7.73. The molecule has 2 atom stereocenters. The summed E-state index contributed by atoms with van der Waals surface area (Å²) in [6.45, 7) is 5.32. The Morgan fingerprint density at radius 3 is 2.85 bits per heavy atom. The molecule has 142 valence electrons. The average molecular weight is 370 g/mol. The van der Waals surface area contributed by atoms with Crippen LogP contribution < -0.4 is 4.74 Å². The van der Waals surface area contributed by atoms with Gasteiger partial charge in [-0.1, -0.05) is 6.42 Å². The molecule has 1 saturated heterocycles. The maximum absolute atomic E-state index is 13.5. The van der Waals surface area contributed by atoms with Crippen LogP contribution >= 0.6 is 0 Å². The van der Waals surface area contributed by atoms with Crippen molar-refractivity contribution < 1.29 is 13.9 Å². The zero-order chi connectivity index (χ0) is 19.0. The molecule has 2 unspecified atom stereocenters. The van der Waals surface area contributed by atoms with Gasteiger partial charge < -0.3 is 9.64 Å². The highest BCUT2D eigenvalue weighted by molar-refractivity contribution is 5.92. The minimum Gasteiger partial charge on any atom is -0.463 e. The maximum atomic E-state index is 13.5. The van der Waals surface area contributed by atoms with Gasteiger partial charge in [0, 0.05) is 30.9 Å². The van der Waals surface area contributed by atoms with Gasteiger partial charge in [-0.2, -0.15) is 0 Å². The highest BCUT2D eigenvalue weighted by Crippen LogP contribution is 2.49. The van der Waals surface area contributed by atoms with E-state index < -0.39 is 5.82 Å². The molecular weight excluding hydrogens is 347 g/mol. The van der Waals surface area contributed by atoms with Crippen LogP contribution in [-0.2, 0) is 0 Å². The molecule has 0 aromatic carbocycles. The molecule has 1 amide bonds. The van der Waals surface area contributed by atoms with E-state index in [2.05, 4.69) is 15.0 Å². The SMILES string of the molecule is Cc1cnc(OCC23CCCC2CN(C(=O)c2ccc(F)c(C)n2)C3)nc1. The third-order valence-corrected chi connectivity index (χ3v) is 5.81. The van der Waals surface area contributed by atoms with Gasteiger partial charge in [0.15, 0.2) is 0 Å². The Hall–Kier alpha value is -2.57. The first-order chi connectivity index (χ1) is 13.0. The number of hydrogen-bond donors (Lipinski definition) is 0. The predicted molar refractivity (Wildman–Crippen MR) is 96.9 cm³/mol. The largest absolute Gasteiger partial charge is 0.463 e. The number of aryl methyl sites for hydroxylation is 2. The van der Waals surface area contributed by atoms with Crippen molar-refractivity contribution in [2.45, 2.75) is 33.1 Å². The van der Waals surface area contributed by atoms with Crippen molar-refractivity contribution in [3.8, 4) is 6.01 Å². The molecular formula is C20H23FN4O2. The van der Waals surface area contributed by atoms with Gasteiger partial charge in [-0.25, -0.2) is 19.3 Å². The molecule has 1 aliphatic carbocycles. The van der Waals surface area contributed by atoms with Gasteiger partial charge in [-0.15, -0.1) is 0 Å². The first-order valence-corrected chi connectivity index (χ1v) is 9.31. The summed E-state index contributed by atoms with van der Waals surface area (Å²) in [5.74, 6) is -0.139. The van der Waals surface area contributed by atoms with Gasteiger partial charge in [-0.05, 0) is 50.3 Å². The predicted octanol–water partition coefficient (Wildman–Crippen LogP) is 2.95. The fourth-order valence-corrected chi connectivity index (χ4v) is 4.29. The van der Waals surface area contributed by atoms with Gasteiger partial charge in [0.2, 0.25) is 0 Å². The van der Waals surface area contributed by atoms with Crippen molar-refractivity contribution >= 4 is 5.91 Å². The van der Waals surface area contributed by atoms with Crippen molar-refractivity contribution in [2.24, 2.45) is 11.3 Å². The molecule has 27 heavy (non-hydrogen) atoms. The van der Waals surface area contributed by atoms with Crippen molar-refractivity contribution in [3.63, 3.8) is 0 Å². The molecule has 0 bridgehead atoms. The Labute approximate surface area is 157 Å². The molecule has 4 rings (SSSR count). The van der Waals surface area contributed by atoms with E-state index in [0.717, 1.165) is 24.8 Å². The van der Waals surface area contributed by atoms with E-state index in [4.69, 9.17) is 4.74 Å². The topological polar surface area (TPSA) is 68.2 Å². The minimum absolute atomic E-state index is 0.0705. The van der Waals surface area contributed by atoms with E-state index in [0.29, 0.717) is 37.3 Å². The first-order valence-electron chi connectivity index (χ1n) is 9.31. The molecule has 0 N–H and O–H groups in total. The van der Waals surface area contributed by atoms with Crippen LogP contribution in [0.5, 0.6) is 6.01 Å². The van der Waals surface area contributed by atoms with Crippen LogP contribution in [0.25, 0.3) is 0 Å². The number of halogens is 1. The quantitative estimate of drug-likeness (QED) is 0.828. The van der Waals surface area contributed by atoms with Gasteiger partial charge >= 0.3 is 6.01 Å². The summed E-state index contributed by atoms with van der Waals surface area (Å²) in [7, 11) is 0. The summed E-state index contributed by atoms with van der Waals surface area (Å²) >= 11 is 0. The van der Waals surface area contributed by atoms with Crippen molar-refractivity contribution in [1.82, 2.24) is 19.9 Å². The summed E-state index contributed by atoms with van der Waals surface area (Å²) < 4.78 is 19.4. The summed E-state index contributed by atoms with van der Waals surface area (Å²) in [5, 5.41) is 0. The number of pyridine rings is 1. The minimum atomic E-state index is -0.396. The van der Waals surface area contributed by atoms with Crippen LogP contribution in [0, 0.1) is 31.0 Å². The van der Waals surface area contributed by atoms with Crippen LogP contribution in [-0.4, -0.2) is 45.5 Å². The number of ether oxygens (including phenoxy) is 1. The molecule has 6 nitrogen and oxygen atoms in total. The van der Waals surface area contributed by atoms with Crippen LogP contribution in [0.2, 0.25) is 0 Å².